The Morgan fingerprint density at radius 3 is 2.70 bits per heavy atom. The molecule has 0 saturated carbocycles. The monoisotopic (exact) mass is 298 g/mol. The zero-order valence-electron chi connectivity index (χ0n) is 11.5. The second kappa shape index (κ2) is 5.90. The van der Waals surface area contributed by atoms with Gasteiger partial charge in [-0.3, -0.25) is 9.63 Å². The number of carbonyl (C=O) groups excluding carboxylic acids is 1. The Morgan fingerprint density at radius 2 is 2.10 bits per heavy atom. The molecular formula is C13H18N2O4S. The van der Waals surface area contributed by atoms with Gasteiger partial charge in [-0.25, -0.2) is 8.42 Å². The molecule has 0 atom stereocenters. The second-order valence-electron chi connectivity index (χ2n) is 4.73. The summed E-state index contributed by atoms with van der Waals surface area (Å²) in [6.45, 7) is 3.85. The summed E-state index contributed by atoms with van der Waals surface area (Å²) < 4.78 is 26.1. The molecule has 1 amide bonds. The summed E-state index contributed by atoms with van der Waals surface area (Å²) in [6.07, 6.45) is 1.64. The average Bonchev–Trinajstić information content (AvgIpc) is 2.41. The van der Waals surface area contributed by atoms with Gasteiger partial charge in [0.25, 0.3) is 10.0 Å². The van der Waals surface area contributed by atoms with Crippen molar-refractivity contribution in [3.63, 3.8) is 0 Å². The van der Waals surface area contributed by atoms with E-state index in [1.807, 2.05) is 0 Å². The van der Waals surface area contributed by atoms with Crippen LogP contribution in [-0.2, 0) is 19.7 Å². The fourth-order valence-corrected chi connectivity index (χ4v) is 3.59. The van der Waals surface area contributed by atoms with Crippen molar-refractivity contribution in [3.8, 4) is 0 Å². The van der Waals surface area contributed by atoms with E-state index in [0.29, 0.717) is 24.4 Å². The topological polar surface area (TPSA) is 75.7 Å². The molecule has 110 valence electrons. The fraction of sp³-hybridized carbons (Fsp3) is 0.462. The number of anilines is 1. The van der Waals surface area contributed by atoms with E-state index in [1.54, 1.807) is 19.1 Å². The molecule has 1 aliphatic heterocycles. The van der Waals surface area contributed by atoms with E-state index in [0.717, 1.165) is 17.3 Å². The summed E-state index contributed by atoms with van der Waals surface area (Å²) in [4.78, 5) is 16.5. The molecule has 7 heteroatoms. The molecule has 1 aromatic rings. The maximum absolute atomic E-state index is 12.5. The van der Waals surface area contributed by atoms with Crippen LogP contribution in [0.15, 0.2) is 23.1 Å². The van der Waals surface area contributed by atoms with Crippen molar-refractivity contribution < 1.29 is 18.0 Å². The van der Waals surface area contributed by atoms with Gasteiger partial charge in [0, 0.05) is 19.2 Å². The minimum Gasteiger partial charge on any atom is -0.326 e. The summed E-state index contributed by atoms with van der Waals surface area (Å²) in [5.41, 5.74) is 1.08. The highest BCUT2D eigenvalue weighted by Gasteiger charge is 2.29. The van der Waals surface area contributed by atoms with E-state index in [2.05, 4.69) is 5.32 Å². The Hall–Kier alpha value is -1.44. The number of amides is 1. The molecule has 20 heavy (non-hydrogen) atoms. The van der Waals surface area contributed by atoms with Crippen molar-refractivity contribution in [3.05, 3.63) is 23.8 Å². The lowest BCUT2D eigenvalue weighted by Gasteiger charge is -2.26. The molecule has 1 aromatic carbocycles. The first-order valence-electron chi connectivity index (χ1n) is 6.45. The number of hydrogen-bond donors (Lipinski definition) is 1. The second-order valence-corrected chi connectivity index (χ2v) is 6.53. The van der Waals surface area contributed by atoms with E-state index >= 15 is 0 Å². The highest BCUT2D eigenvalue weighted by molar-refractivity contribution is 7.89. The molecule has 1 N–H and O–H groups in total. The minimum atomic E-state index is -3.69. The summed E-state index contributed by atoms with van der Waals surface area (Å²) in [6, 6.07) is 4.80. The van der Waals surface area contributed by atoms with Gasteiger partial charge in [-0.15, -0.1) is 0 Å². The van der Waals surface area contributed by atoms with Crippen LogP contribution in [0.3, 0.4) is 0 Å². The van der Waals surface area contributed by atoms with Gasteiger partial charge in [-0.2, -0.15) is 0 Å². The highest BCUT2D eigenvalue weighted by Crippen LogP contribution is 2.25. The molecule has 0 spiro atoms. The summed E-state index contributed by atoms with van der Waals surface area (Å²) in [5, 5.41) is 2.58. The molecule has 1 aliphatic rings. The summed E-state index contributed by atoms with van der Waals surface area (Å²) in [7, 11) is -3.69. The van der Waals surface area contributed by atoms with Crippen molar-refractivity contribution in [2.24, 2.45) is 0 Å². The third kappa shape index (κ3) is 3.17. The first-order valence-corrected chi connectivity index (χ1v) is 7.89. The molecular weight excluding hydrogens is 280 g/mol. The summed E-state index contributed by atoms with van der Waals surface area (Å²) >= 11 is 0. The number of hydrogen-bond acceptors (Lipinski definition) is 4. The Bertz CT molecular complexity index is 607. The number of aryl methyl sites for hydroxylation is 1. The van der Waals surface area contributed by atoms with Crippen molar-refractivity contribution in [2.45, 2.75) is 31.6 Å². The van der Waals surface area contributed by atoms with Gasteiger partial charge >= 0.3 is 0 Å². The molecule has 2 rings (SSSR count). The minimum absolute atomic E-state index is 0.158. The number of nitrogens with zero attached hydrogens (tertiary/aromatic N) is 1. The number of benzene rings is 1. The predicted octanol–water partition coefficient (Wildman–Crippen LogP) is 1.67. The number of rotatable bonds is 3. The smallest absolute Gasteiger partial charge is 0.265 e. The van der Waals surface area contributed by atoms with Gasteiger partial charge in [0.05, 0.1) is 11.5 Å². The Balaban J connectivity index is 2.36. The molecule has 0 aliphatic carbocycles. The van der Waals surface area contributed by atoms with Gasteiger partial charge in [0.2, 0.25) is 5.91 Å². The first kappa shape index (κ1) is 15.0. The molecule has 1 heterocycles. The van der Waals surface area contributed by atoms with Crippen LogP contribution >= 0.6 is 0 Å². The van der Waals surface area contributed by atoms with Crippen LogP contribution in [-0.4, -0.2) is 31.9 Å². The molecule has 0 bridgehead atoms. The van der Waals surface area contributed by atoms with Gasteiger partial charge < -0.3 is 5.32 Å². The lowest BCUT2D eigenvalue weighted by molar-refractivity contribution is -0.114. The zero-order chi connectivity index (χ0) is 14.8. The highest BCUT2D eigenvalue weighted by atomic mass is 32.2. The van der Waals surface area contributed by atoms with Gasteiger partial charge in [0.1, 0.15) is 0 Å². The van der Waals surface area contributed by atoms with Crippen molar-refractivity contribution in [2.75, 3.05) is 18.5 Å². The van der Waals surface area contributed by atoms with Crippen LogP contribution in [0.5, 0.6) is 0 Å². The molecule has 6 nitrogen and oxygen atoms in total. The third-order valence-corrected chi connectivity index (χ3v) is 4.84. The van der Waals surface area contributed by atoms with Crippen LogP contribution in [0, 0.1) is 6.92 Å². The van der Waals surface area contributed by atoms with Crippen LogP contribution in [0.4, 0.5) is 5.69 Å². The maximum Gasteiger partial charge on any atom is 0.265 e. The van der Waals surface area contributed by atoms with E-state index in [9.17, 15) is 13.2 Å². The third-order valence-electron chi connectivity index (χ3n) is 3.02. The van der Waals surface area contributed by atoms with Gasteiger partial charge in [0.15, 0.2) is 0 Å². The normalized spacial score (nSPS) is 16.9. The molecule has 1 saturated heterocycles. The van der Waals surface area contributed by atoms with Crippen LogP contribution in [0.25, 0.3) is 0 Å². The molecule has 0 aromatic heterocycles. The number of sulfonamides is 1. The lowest BCUT2D eigenvalue weighted by Crippen LogP contribution is -2.36. The quantitative estimate of drug-likeness (QED) is 0.921. The lowest BCUT2D eigenvalue weighted by atomic mass is 10.2. The molecule has 0 radical (unpaired) electrons. The van der Waals surface area contributed by atoms with Crippen LogP contribution in [0.1, 0.15) is 25.3 Å². The SMILES string of the molecule is CC(=O)Nc1ccc(C)c(S(=O)(=O)N2CCCCO2)c1. The van der Waals surface area contributed by atoms with Gasteiger partial charge in [-0.05, 0) is 37.5 Å². The number of nitrogens with one attached hydrogen (secondary N) is 1. The Labute approximate surface area is 118 Å². The van der Waals surface area contributed by atoms with E-state index in [1.165, 1.54) is 13.0 Å². The van der Waals surface area contributed by atoms with Crippen LogP contribution < -0.4 is 5.32 Å². The van der Waals surface area contributed by atoms with E-state index in [-0.39, 0.29) is 10.8 Å². The van der Waals surface area contributed by atoms with Gasteiger partial charge in [-0.1, -0.05) is 10.5 Å². The zero-order valence-corrected chi connectivity index (χ0v) is 12.4. The number of hydroxylamine groups is 1. The fourth-order valence-electron chi connectivity index (χ4n) is 2.03. The van der Waals surface area contributed by atoms with E-state index < -0.39 is 10.0 Å². The van der Waals surface area contributed by atoms with Crippen molar-refractivity contribution >= 4 is 21.6 Å². The van der Waals surface area contributed by atoms with Crippen LogP contribution in [0.2, 0.25) is 0 Å². The van der Waals surface area contributed by atoms with E-state index in [4.69, 9.17) is 4.84 Å². The number of carbonyl (C=O) groups is 1. The Kier molecular flexibility index (Phi) is 4.42. The average molecular weight is 298 g/mol. The molecule has 0 unspecified atom stereocenters. The summed E-state index contributed by atoms with van der Waals surface area (Å²) in [5.74, 6) is -0.244. The maximum atomic E-state index is 12.5. The molecule has 1 fully saturated rings. The van der Waals surface area contributed by atoms with Crippen molar-refractivity contribution in [1.82, 2.24) is 4.47 Å². The predicted molar refractivity (Wildman–Crippen MR) is 74.6 cm³/mol. The van der Waals surface area contributed by atoms with Crippen molar-refractivity contribution in [1.29, 1.82) is 0 Å². The first-order chi connectivity index (χ1) is 9.41. The largest absolute Gasteiger partial charge is 0.326 e. The standard InChI is InChI=1S/C13H18N2O4S/c1-10-5-6-12(14-11(2)16)9-13(10)20(17,18)15-7-3-4-8-19-15/h5-6,9H,3-4,7-8H2,1-2H3,(H,14,16). The Morgan fingerprint density at radius 1 is 1.35 bits per heavy atom.